The second kappa shape index (κ2) is 11.5. The molecule has 7 N–H and O–H groups in total. The molecule has 2 aromatic rings. The van der Waals surface area contributed by atoms with E-state index in [4.69, 9.17) is 0 Å². The Morgan fingerprint density at radius 3 is 2.53 bits per heavy atom. The summed E-state index contributed by atoms with van der Waals surface area (Å²) in [6.45, 7) is 0.321. The minimum Gasteiger partial charge on any atom is -0.508 e. The molecule has 1 aliphatic heterocycles. The summed E-state index contributed by atoms with van der Waals surface area (Å²) in [5.41, 5.74) is 0.468. The van der Waals surface area contributed by atoms with Crippen LogP contribution in [0.15, 0.2) is 45.9 Å². The van der Waals surface area contributed by atoms with E-state index in [1.165, 1.54) is 12.1 Å². The van der Waals surface area contributed by atoms with E-state index in [-0.39, 0.29) is 18.8 Å². The van der Waals surface area contributed by atoms with Crippen LogP contribution in [0, 0.1) is 0 Å². The van der Waals surface area contributed by atoms with Gasteiger partial charge in [-0.15, -0.1) is 0 Å². The fourth-order valence-electron chi connectivity index (χ4n) is 4.26. The maximum absolute atomic E-state index is 13.7. The number of hydrogen-bond acceptors (Lipinski definition) is 8. The van der Waals surface area contributed by atoms with Crippen molar-refractivity contribution in [2.24, 2.45) is 4.99 Å². The van der Waals surface area contributed by atoms with Crippen molar-refractivity contribution < 1.29 is 33.7 Å². The fraction of sp³-hybridized carbons (Fsp3) is 0.400. The molecule has 0 spiro atoms. The Kier molecular flexibility index (Phi) is 8.36. The molecule has 2 aliphatic rings. The number of guanidine groups is 1. The highest BCUT2D eigenvalue weighted by Gasteiger charge is 2.52. The van der Waals surface area contributed by atoms with Crippen LogP contribution in [0.2, 0.25) is 0 Å². The van der Waals surface area contributed by atoms with Crippen molar-refractivity contribution in [1.82, 2.24) is 10.6 Å². The fourth-order valence-corrected chi connectivity index (χ4v) is 4.77. The number of aromatic hydroxyl groups is 1. The third-order valence-corrected chi connectivity index (χ3v) is 6.87. The van der Waals surface area contributed by atoms with Gasteiger partial charge in [0.25, 0.3) is 0 Å². The molecule has 4 rings (SSSR count). The molecule has 1 amide bonds. The number of phenolic OH excluding ortho intramolecular Hbond substituents is 1. The molecule has 38 heavy (non-hydrogen) atoms. The average molecular weight is 596 g/mol. The number of aliphatic hydroxyl groups is 1. The van der Waals surface area contributed by atoms with Crippen molar-refractivity contribution in [3.8, 4) is 5.75 Å². The van der Waals surface area contributed by atoms with Gasteiger partial charge in [-0.05, 0) is 42.2 Å². The molecule has 204 valence electrons. The number of nitrogens with one attached hydrogen (secondary N) is 4. The number of anilines is 2. The summed E-state index contributed by atoms with van der Waals surface area (Å²) in [6, 6.07) is 8.32. The van der Waals surface area contributed by atoms with Crippen LogP contribution in [0.1, 0.15) is 36.4 Å². The summed E-state index contributed by atoms with van der Waals surface area (Å²) >= 11 is 3.32. The lowest BCUT2D eigenvalue weighted by molar-refractivity contribution is -0.137. The van der Waals surface area contributed by atoms with Crippen LogP contribution in [0.3, 0.4) is 0 Å². The molecule has 1 heterocycles. The molecule has 0 bridgehead atoms. The number of phenols is 1. The number of nitrogens with zero attached hydrogens (tertiary/aromatic N) is 1. The van der Waals surface area contributed by atoms with Crippen molar-refractivity contribution in [2.45, 2.75) is 43.2 Å². The van der Waals surface area contributed by atoms with Gasteiger partial charge >= 0.3 is 5.97 Å². The predicted octanol–water partition coefficient (Wildman–Crippen LogP) is 2.93. The van der Waals surface area contributed by atoms with E-state index in [2.05, 4.69) is 42.2 Å². The van der Waals surface area contributed by atoms with Gasteiger partial charge in [-0.1, -0.05) is 22.0 Å². The first-order valence-electron chi connectivity index (χ1n) is 12.0. The summed E-state index contributed by atoms with van der Waals surface area (Å²) in [5.74, 6) is -1.34. The SMILES string of the molecule is O=C(O)CC(NC(=O)CNc1cc(O)cc(NC2=NCC(O)CN2)c1)c1cc(Br)cc(C2(C(F)F)CC2)c1. The van der Waals surface area contributed by atoms with Gasteiger partial charge in [0.15, 0.2) is 5.96 Å². The molecule has 2 atom stereocenters. The van der Waals surface area contributed by atoms with Gasteiger partial charge in [-0.2, -0.15) is 0 Å². The summed E-state index contributed by atoms with van der Waals surface area (Å²) in [5, 5.41) is 40.5. The number of aliphatic imine (C=N–C) groups is 1. The summed E-state index contributed by atoms with van der Waals surface area (Å²) in [6.07, 6.45) is -2.88. The first-order chi connectivity index (χ1) is 18.0. The lowest BCUT2D eigenvalue weighted by atomic mass is 9.92. The minimum atomic E-state index is -2.55. The highest BCUT2D eigenvalue weighted by atomic mass is 79.9. The van der Waals surface area contributed by atoms with Crippen LogP contribution in [0.4, 0.5) is 20.2 Å². The molecule has 13 heteroatoms. The van der Waals surface area contributed by atoms with Crippen LogP contribution in [0.25, 0.3) is 0 Å². The molecule has 1 aliphatic carbocycles. The number of carboxylic acids is 1. The van der Waals surface area contributed by atoms with Gasteiger partial charge in [0.05, 0.1) is 37.1 Å². The Hall–Kier alpha value is -3.45. The Morgan fingerprint density at radius 1 is 1.16 bits per heavy atom. The molecule has 1 fully saturated rings. The molecule has 0 aromatic heterocycles. The second-order valence-electron chi connectivity index (χ2n) is 9.42. The molecule has 1 saturated carbocycles. The molecule has 2 aromatic carbocycles. The number of carboxylic acid groups (broad SMARTS) is 1. The predicted molar refractivity (Wildman–Crippen MR) is 141 cm³/mol. The van der Waals surface area contributed by atoms with Gasteiger partial charge < -0.3 is 36.6 Å². The van der Waals surface area contributed by atoms with Crippen LogP contribution in [-0.4, -0.2) is 65.3 Å². The van der Waals surface area contributed by atoms with Crippen molar-refractivity contribution >= 4 is 45.1 Å². The lowest BCUT2D eigenvalue weighted by Gasteiger charge is -2.22. The van der Waals surface area contributed by atoms with E-state index in [0.29, 0.717) is 52.3 Å². The standard InChI is InChI=1S/C25H28BrF2N5O5/c26-15-4-13(3-14(5-15)25(1-2-25)23(27)28)20(9-22(37)38)33-21(36)12-29-16-6-17(8-18(34)7-16)32-24-30-10-19(35)11-31-24/h3-8,19-20,23,29,34-35H,1-2,9-12H2,(H,33,36)(H,37,38)(H2,30,31,32). The van der Waals surface area contributed by atoms with Gasteiger partial charge in [0.2, 0.25) is 12.3 Å². The third kappa shape index (κ3) is 6.90. The van der Waals surface area contributed by atoms with Crippen molar-refractivity contribution in [3.05, 3.63) is 52.0 Å². The largest absolute Gasteiger partial charge is 0.508 e. The topological polar surface area (TPSA) is 155 Å². The Balaban J connectivity index is 1.43. The lowest BCUT2D eigenvalue weighted by Crippen LogP contribution is -2.42. The number of hydrogen-bond donors (Lipinski definition) is 7. The zero-order valence-corrected chi connectivity index (χ0v) is 21.8. The zero-order chi connectivity index (χ0) is 27.4. The van der Waals surface area contributed by atoms with E-state index in [0.717, 1.165) is 0 Å². The number of β-amino-alcohol motifs (C(OH)–C–C–N with tert-alkyl or cyclic N) is 1. The maximum Gasteiger partial charge on any atom is 0.305 e. The van der Waals surface area contributed by atoms with Crippen LogP contribution in [-0.2, 0) is 15.0 Å². The number of benzene rings is 2. The minimum absolute atomic E-state index is 0.0761. The number of carbonyl (C=O) groups excluding carboxylic acids is 1. The quantitative estimate of drug-likeness (QED) is 0.221. The van der Waals surface area contributed by atoms with Crippen LogP contribution >= 0.6 is 15.9 Å². The molecule has 2 unspecified atom stereocenters. The third-order valence-electron chi connectivity index (χ3n) is 6.42. The summed E-state index contributed by atoms with van der Waals surface area (Å²) in [4.78, 5) is 28.4. The monoisotopic (exact) mass is 595 g/mol. The Labute approximate surface area is 225 Å². The normalized spacial score (nSPS) is 18.7. The number of aliphatic carboxylic acids is 1. The summed E-state index contributed by atoms with van der Waals surface area (Å²) < 4.78 is 27.9. The van der Waals surface area contributed by atoms with E-state index in [1.807, 2.05) is 0 Å². The van der Waals surface area contributed by atoms with Crippen molar-refractivity contribution in [1.29, 1.82) is 0 Å². The summed E-state index contributed by atoms with van der Waals surface area (Å²) in [7, 11) is 0. The van der Waals surface area contributed by atoms with E-state index < -0.39 is 42.3 Å². The molecular formula is C25H28BrF2N5O5. The van der Waals surface area contributed by atoms with Crippen molar-refractivity contribution in [2.75, 3.05) is 30.3 Å². The number of aliphatic hydroxyl groups excluding tert-OH is 1. The highest BCUT2D eigenvalue weighted by Crippen LogP contribution is 2.53. The molecule has 10 nitrogen and oxygen atoms in total. The number of carbonyl (C=O) groups is 2. The van der Waals surface area contributed by atoms with Crippen LogP contribution < -0.4 is 21.3 Å². The van der Waals surface area contributed by atoms with E-state index >= 15 is 0 Å². The van der Waals surface area contributed by atoms with E-state index in [9.17, 15) is 33.7 Å². The average Bonchev–Trinajstić information content (AvgIpc) is 3.65. The number of amides is 1. The van der Waals surface area contributed by atoms with Gasteiger partial charge in [-0.25, -0.2) is 8.78 Å². The molecular weight excluding hydrogens is 568 g/mol. The zero-order valence-electron chi connectivity index (χ0n) is 20.2. The van der Waals surface area contributed by atoms with E-state index in [1.54, 1.807) is 24.3 Å². The Morgan fingerprint density at radius 2 is 1.89 bits per heavy atom. The van der Waals surface area contributed by atoms with Crippen LogP contribution in [0.5, 0.6) is 5.75 Å². The van der Waals surface area contributed by atoms with Gasteiger partial charge in [0, 0.05) is 34.5 Å². The first kappa shape index (κ1) is 27.6. The highest BCUT2D eigenvalue weighted by molar-refractivity contribution is 9.10. The molecule has 0 saturated heterocycles. The van der Waals surface area contributed by atoms with Gasteiger partial charge in [-0.3, -0.25) is 14.6 Å². The first-order valence-corrected chi connectivity index (χ1v) is 12.7. The second-order valence-corrected chi connectivity index (χ2v) is 10.3. The number of rotatable bonds is 10. The van der Waals surface area contributed by atoms with Crippen molar-refractivity contribution in [3.63, 3.8) is 0 Å². The number of alkyl halides is 2. The van der Waals surface area contributed by atoms with Gasteiger partial charge in [0.1, 0.15) is 5.75 Å². The number of halogens is 3. The molecule has 0 radical (unpaired) electrons. The Bertz CT molecular complexity index is 1240. The smallest absolute Gasteiger partial charge is 0.305 e. The maximum atomic E-state index is 13.7.